The zero-order valence-electron chi connectivity index (χ0n) is 16.2. The van der Waals surface area contributed by atoms with Gasteiger partial charge in [-0.2, -0.15) is 0 Å². The fourth-order valence-electron chi connectivity index (χ4n) is 3.55. The van der Waals surface area contributed by atoms with Gasteiger partial charge in [-0.3, -0.25) is 13.9 Å². The predicted octanol–water partition coefficient (Wildman–Crippen LogP) is 3.27. The van der Waals surface area contributed by atoms with Crippen molar-refractivity contribution in [1.29, 1.82) is 0 Å². The maximum Gasteiger partial charge on any atom is 0.329 e. The summed E-state index contributed by atoms with van der Waals surface area (Å²) in [6.45, 7) is 6.80. The third kappa shape index (κ3) is 4.13. The summed E-state index contributed by atoms with van der Waals surface area (Å²) in [6.07, 6.45) is 1.64. The average Bonchev–Trinajstić information content (AvgIpc) is 2.90. The molecule has 1 aromatic heterocycles. The van der Waals surface area contributed by atoms with Crippen LogP contribution in [-0.4, -0.2) is 21.1 Å². The van der Waals surface area contributed by atoms with E-state index < -0.39 is 0 Å². The van der Waals surface area contributed by atoms with E-state index in [1.54, 1.807) is 9.13 Å². The van der Waals surface area contributed by atoms with Crippen LogP contribution in [0.25, 0.3) is 11.0 Å². The van der Waals surface area contributed by atoms with Crippen molar-refractivity contribution in [1.82, 2.24) is 14.5 Å². The highest BCUT2D eigenvalue weighted by molar-refractivity contribution is 5.81. The zero-order chi connectivity index (χ0) is 19.4. The molecule has 1 heterocycles. The molecule has 0 bridgehead atoms. The quantitative estimate of drug-likeness (QED) is 0.699. The van der Waals surface area contributed by atoms with Gasteiger partial charge in [0.2, 0.25) is 5.91 Å². The van der Waals surface area contributed by atoms with Crippen molar-refractivity contribution in [3.8, 4) is 0 Å². The Morgan fingerprint density at radius 3 is 2.33 bits per heavy atom. The third-order valence-corrected chi connectivity index (χ3v) is 4.87. The highest BCUT2D eigenvalue weighted by atomic mass is 16.2. The monoisotopic (exact) mass is 365 g/mol. The van der Waals surface area contributed by atoms with E-state index in [9.17, 15) is 9.59 Å². The number of nitrogens with one attached hydrogen (secondary N) is 1. The lowest BCUT2D eigenvalue weighted by atomic mass is 10.0. The molecule has 0 radical (unpaired) electrons. The van der Waals surface area contributed by atoms with Crippen LogP contribution in [-0.2, 0) is 24.3 Å². The molecule has 27 heavy (non-hydrogen) atoms. The van der Waals surface area contributed by atoms with Gasteiger partial charge in [0.1, 0.15) is 6.54 Å². The van der Waals surface area contributed by atoms with Crippen LogP contribution in [0.3, 0.4) is 0 Å². The largest absolute Gasteiger partial charge is 0.352 e. The number of carbonyl (C=O) groups is 1. The fourth-order valence-corrected chi connectivity index (χ4v) is 3.55. The number of fused-ring (bicyclic) bond motifs is 1. The van der Waals surface area contributed by atoms with E-state index in [1.807, 2.05) is 50.2 Å². The van der Waals surface area contributed by atoms with Crippen molar-refractivity contribution >= 4 is 16.9 Å². The molecule has 1 N–H and O–H groups in total. The molecule has 0 unspecified atom stereocenters. The molecule has 0 fully saturated rings. The van der Waals surface area contributed by atoms with Crippen molar-refractivity contribution in [3.63, 3.8) is 0 Å². The number of amides is 1. The van der Waals surface area contributed by atoms with Crippen LogP contribution >= 0.6 is 0 Å². The van der Waals surface area contributed by atoms with E-state index in [-0.39, 0.29) is 24.2 Å². The topological polar surface area (TPSA) is 56.0 Å². The van der Waals surface area contributed by atoms with Crippen molar-refractivity contribution in [3.05, 3.63) is 70.1 Å². The van der Waals surface area contributed by atoms with Gasteiger partial charge in [-0.15, -0.1) is 0 Å². The second-order valence-corrected chi connectivity index (χ2v) is 7.11. The third-order valence-electron chi connectivity index (χ3n) is 4.87. The number of aromatic nitrogens is 2. The van der Waals surface area contributed by atoms with Crippen LogP contribution in [0, 0.1) is 6.92 Å². The Labute approximate surface area is 159 Å². The highest BCUT2D eigenvalue weighted by Crippen LogP contribution is 2.13. The van der Waals surface area contributed by atoms with Gasteiger partial charge in [-0.25, -0.2) is 4.79 Å². The SMILES string of the molecule is CCCn1c(=O)n(CC(=O)N[C@@H](C)Cc2ccccc2C)c2ccccc21. The Balaban J connectivity index is 1.75. The predicted molar refractivity (Wildman–Crippen MR) is 109 cm³/mol. The molecule has 1 atom stereocenters. The summed E-state index contributed by atoms with van der Waals surface area (Å²) in [4.78, 5) is 25.4. The molecule has 2 aromatic carbocycles. The Bertz CT molecular complexity index is 1000. The number of carbonyl (C=O) groups excluding carboxylic acids is 1. The number of hydrogen-bond donors (Lipinski definition) is 1. The molecular weight excluding hydrogens is 338 g/mol. The summed E-state index contributed by atoms with van der Waals surface area (Å²) in [5.41, 5.74) is 4.00. The first kappa shape index (κ1) is 19.0. The first-order chi connectivity index (χ1) is 13.0. The average molecular weight is 365 g/mol. The zero-order valence-corrected chi connectivity index (χ0v) is 16.2. The standard InChI is InChI=1S/C22H27N3O2/c1-4-13-24-19-11-7-8-12-20(19)25(22(24)27)15-21(26)23-17(3)14-18-10-6-5-9-16(18)2/h5-12,17H,4,13-15H2,1-3H3,(H,23,26)/t17-/m0/s1. The van der Waals surface area contributed by atoms with Crippen LogP contribution in [0.1, 0.15) is 31.4 Å². The van der Waals surface area contributed by atoms with E-state index >= 15 is 0 Å². The molecule has 0 aliphatic heterocycles. The maximum absolute atomic E-state index is 12.8. The summed E-state index contributed by atoms with van der Waals surface area (Å²) in [5, 5.41) is 3.03. The molecule has 0 saturated carbocycles. The minimum absolute atomic E-state index is 0.00158. The second kappa shape index (κ2) is 8.25. The van der Waals surface area contributed by atoms with Gasteiger partial charge in [0.15, 0.2) is 0 Å². The molecule has 5 heteroatoms. The summed E-state index contributed by atoms with van der Waals surface area (Å²) < 4.78 is 3.32. The summed E-state index contributed by atoms with van der Waals surface area (Å²) in [6, 6.07) is 15.8. The molecule has 0 spiro atoms. The van der Waals surface area contributed by atoms with Crippen molar-refractivity contribution in [2.45, 2.75) is 52.7 Å². The van der Waals surface area contributed by atoms with Gasteiger partial charge >= 0.3 is 5.69 Å². The molecule has 142 valence electrons. The van der Waals surface area contributed by atoms with Gasteiger partial charge < -0.3 is 5.32 Å². The number of aryl methyl sites for hydroxylation is 2. The van der Waals surface area contributed by atoms with Gasteiger partial charge in [0.25, 0.3) is 0 Å². The Morgan fingerprint density at radius 1 is 1.04 bits per heavy atom. The van der Waals surface area contributed by atoms with E-state index in [2.05, 4.69) is 24.4 Å². The molecular formula is C22H27N3O2. The number of nitrogens with zero attached hydrogens (tertiary/aromatic N) is 2. The van der Waals surface area contributed by atoms with Gasteiger partial charge in [-0.05, 0) is 49.9 Å². The van der Waals surface area contributed by atoms with Crippen LogP contribution < -0.4 is 11.0 Å². The molecule has 0 aliphatic rings. The number of rotatable bonds is 7. The molecule has 0 aliphatic carbocycles. The highest BCUT2D eigenvalue weighted by Gasteiger charge is 2.16. The number of para-hydroxylation sites is 2. The van der Waals surface area contributed by atoms with E-state index in [0.717, 1.165) is 23.9 Å². The van der Waals surface area contributed by atoms with Gasteiger partial charge in [-0.1, -0.05) is 43.3 Å². The van der Waals surface area contributed by atoms with Crippen LogP contribution in [0.15, 0.2) is 53.3 Å². The van der Waals surface area contributed by atoms with Crippen LogP contribution in [0.5, 0.6) is 0 Å². The summed E-state index contributed by atoms with van der Waals surface area (Å²) in [5.74, 6) is -0.141. The minimum Gasteiger partial charge on any atom is -0.352 e. The van der Waals surface area contributed by atoms with Crippen LogP contribution in [0.2, 0.25) is 0 Å². The van der Waals surface area contributed by atoms with Gasteiger partial charge in [0.05, 0.1) is 11.0 Å². The summed E-state index contributed by atoms with van der Waals surface area (Å²) in [7, 11) is 0. The summed E-state index contributed by atoms with van der Waals surface area (Å²) >= 11 is 0. The number of imidazole rings is 1. The molecule has 5 nitrogen and oxygen atoms in total. The Morgan fingerprint density at radius 2 is 1.67 bits per heavy atom. The first-order valence-electron chi connectivity index (χ1n) is 9.53. The molecule has 1 amide bonds. The lowest BCUT2D eigenvalue weighted by Crippen LogP contribution is -2.38. The fraction of sp³-hybridized carbons (Fsp3) is 0.364. The van der Waals surface area contributed by atoms with Crippen molar-refractivity contribution in [2.75, 3.05) is 0 Å². The van der Waals surface area contributed by atoms with Crippen molar-refractivity contribution < 1.29 is 4.79 Å². The first-order valence-corrected chi connectivity index (χ1v) is 9.53. The van der Waals surface area contributed by atoms with Gasteiger partial charge in [0, 0.05) is 12.6 Å². The molecule has 3 rings (SSSR count). The Hall–Kier alpha value is -2.82. The van der Waals surface area contributed by atoms with E-state index in [4.69, 9.17) is 0 Å². The molecule has 0 saturated heterocycles. The van der Waals surface area contributed by atoms with Crippen LogP contribution in [0.4, 0.5) is 0 Å². The van der Waals surface area contributed by atoms with E-state index in [1.165, 1.54) is 11.1 Å². The van der Waals surface area contributed by atoms with E-state index in [0.29, 0.717) is 6.54 Å². The molecule has 3 aromatic rings. The normalized spacial score (nSPS) is 12.3. The minimum atomic E-state index is -0.141. The Kier molecular flexibility index (Phi) is 5.79. The van der Waals surface area contributed by atoms with Crippen molar-refractivity contribution in [2.24, 2.45) is 0 Å². The second-order valence-electron chi connectivity index (χ2n) is 7.11. The lowest BCUT2D eigenvalue weighted by Gasteiger charge is -2.15. The lowest BCUT2D eigenvalue weighted by molar-refractivity contribution is -0.122. The number of benzene rings is 2. The number of hydrogen-bond acceptors (Lipinski definition) is 2. The maximum atomic E-state index is 12.8. The smallest absolute Gasteiger partial charge is 0.329 e.